The Labute approximate surface area is 141 Å². The Hall–Kier alpha value is -1.50. The van der Waals surface area contributed by atoms with Crippen LogP contribution < -0.4 is 0 Å². The van der Waals surface area contributed by atoms with Crippen molar-refractivity contribution < 1.29 is 9.90 Å². The normalized spacial score (nSPS) is 11.7. The molecule has 0 aliphatic heterocycles. The first-order valence-corrected chi connectivity index (χ1v) is 8.06. The van der Waals surface area contributed by atoms with Gasteiger partial charge >= 0.3 is 5.97 Å². The van der Waals surface area contributed by atoms with Crippen LogP contribution in [0.1, 0.15) is 24.7 Å². The predicted molar refractivity (Wildman–Crippen MR) is 88.3 cm³/mol. The lowest BCUT2D eigenvalue weighted by Crippen LogP contribution is -1.97. The molecule has 1 heterocycles. The minimum atomic E-state index is -1.07. The summed E-state index contributed by atoms with van der Waals surface area (Å²) >= 11 is 12.9. The second-order valence-corrected chi connectivity index (χ2v) is 6.25. The Morgan fingerprint density at radius 1 is 1.45 bits per heavy atom. The maximum absolute atomic E-state index is 11.4. The van der Waals surface area contributed by atoms with E-state index in [-0.39, 0.29) is 4.91 Å². The lowest BCUT2D eigenvalue weighted by molar-refractivity contribution is -0.131. The fraction of sp³-hybridized carbons (Fsp3) is 0.214. The smallest absolute Gasteiger partial charge is 0.342 e. The van der Waals surface area contributed by atoms with Crippen molar-refractivity contribution in [3.63, 3.8) is 0 Å². The molecule has 0 saturated heterocycles. The number of halogens is 2. The highest BCUT2D eigenvalue weighted by atomic mass is 35.5. The minimum Gasteiger partial charge on any atom is -0.477 e. The third kappa shape index (κ3) is 4.50. The average Bonchev–Trinajstić information content (AvgIpc) is 2.88. The SMILES string of the molecule is CCCc1nc(S/C(=C\c2ccc(Cl)cc2Cl)C(=O)O)n[nH]1. The zero-order chi connectivity index (χ0) is 16.1. The van der Waals surface area contributed by atoms with Gasteiger partial charge in [0.1, 0.15) is 10.7 Å². The maximum atomic E-state index is 11.4. The number of carboxylic acid groups (broad SMARTS) is 1. The Bertz CT molecular complexity index is 716. The van der Waals surface area contributed by atoms with E-state index in [0.717, 1.165) is 30.4 Å². The molecule has 8 heteroatoms. The number of benzene rings is 1. The van der Waals surface area contributed by atoms with Gasteiger partial charge in [-0.05, 0) is 42.0 Å². The van der Waals surface area contributed by atoms with Crippen molar-refractivity contribution in [1.29, 1.82) is 0 Å². The first-order chi connectivity index (χ1) is 10.5. The second kappa shape index (κ2) is 7.67. The van der Waals surface area contributed by atoms with Crippen LogP contribution in [0.25, 0.3) is 6.08 Å². The highest BCUT2D eigenvalue weighted by molar-refractivity contribution is 8.04. The molecule has 0 aliphatic rings. The number of aromatic nitrogens is 3. The summed E-state index contributed by atoms with van der Waals surface area (Å²) < 4.78 is 0. The maximum Gasteiger partial charge on any atom is 0.342 e. The number of carbonyl (C=O) groups is 1. The van der Waals surface area contributed by atoms with E-state index in [0.29, 0.717) is 20.8 Å². The van der Waals surface area contributed by atoms with Gasteiger partial charge in [-0.1, -0.05) is 36.2 Å². The van der Waals surface area contributed by atoms with E-state index < -0.39 is 5.97 Å². The van der Waals surface area contributed by atoms with E-state index in [1.54, 1.807) is 18.2 Å². The zero-order valence-corrected chi connectivity index (χ0v) is 14.0. The quantitative estimate of drug-likeness (QED) is 0.595. The number of aliphatic carboxylic acids is 1. The van der Waals surface area contributed by atoms with Crippen LogP contribution in [0.3, 0.4) is 0 Å². The summed E-state index contributed by atoms with van der Waals surface area (Å²) in [5.41, 5.74) is 0.570. The number of aryl methyl sites for hydroxylation is 1. The molecular formula is C14H13Cl2N3O2S. The van der Waals surface area contributed by atoms with Crippen molar-refractivity contribution >= 4 is 47.0 Å². The molecule has 0 fully saturated rings. The van der Waals surface area contributed by atoms with E-state index in [9.17, 15) is 9.90 Å². The molecular weight excluding hydrogens is 345 g/mol. The largest absolute Gasteiger partial charge is 0.477 e. The van der Waals surface area contributed by atoms with E-state index in [4.69, 9.17) is 23.2 Å². The molecule has 0 saturated carbocycles. The highest BCUT2D eigenvalue weighted by Gasteiger charge is 2.14. The molecule has 0 radical (unpaired) electrons. The Morgan fingerprint density at radius 2 is 2.23 bits per heavy atom. The third-order valence-corrected chi connectivity index (χ3v) is 4.10. The summed E-state index contributed by atoms with van der Waals surface area (Å²) in [5, 5.41) is 17.4. The molecule has 116 valence electrons. The zero-order valence-electron chi connectivity index (χ0n) is 11.6. The van der Waals surface area contributed by atoms with Crippen LogP contribution >= 0.6 is 35.0 Å². The first kappa shape index (κ1) is 16.9. The molecule has 22 heavy (non-hydrogen) atoms. The summed E-state index contributed by atoms with van der Waals surface area (Å²) in [4.78, 5) is 15.7. The van der Waals surface area contributed by atoms with Gasteiger partial charge in [-0.25, -0.2) is 9.78 Å². The summed E-state index contributed by atoms with van der Waals surface area (Å²) in [6.45, 7) is 2.03. The second-order valence-electron chi connectivity index (χ2n) is 4.40. The molecule has 2 N–H and O–H groups in total. The van der Waals surface area contributed by atoms with Gasteiger partial charge in [-0.2, -0.15) is 0 Å². The number of H-pyrrole nitrogens is 1. The molecule has 0 amide bonds. The lowest BCUT2D eigenvalue weighted by atomic mass is 10.2. The number of nitrogens with zero attached hydrogens (tertiary/aromatic N) is 2. The van der Waals surface area contributed by atoms with Crippen molar-refractivity contribution in [3.8, 4) is 0 Å². The fourth-order valence-corrected chi connectivity index (χ4v) is 2.85. The van der Waals surface area contributed by atoms with Gasteiger partial charge in [-0.15, -0.1) is 5.10 Å². The highest BCUT2D eigenvalue weighted by Crippen LogP contribution is 2.29. The minimum absolute atomic E-state index is 0.0753. The molecule has 5 nitrogen and oxygen atoms in total. The number of aromatic amines is 1. The topological polar surface area (TPSA) is 78.9 Å². The number of carboxylic acids is 1. The Balaban J connectivity index is 2.25. The predicted octanol–water partition coefficient (Wildman–Crippen LogP) is 4.28. The van der Waals surface area contributed by atoms with Gasteiger partial charge in [0.15, 0.2) is 0 Å². The van der Waals surface area contributed by atoms with Crippen LogP contribution in [-0.4, -0.2) is 26.3 Å². The van der Waals surface area contributed by atoms with Gasteiger partial charge in [0.05, 0.1) is 0 Å². The molecule has 0 atom stereocenters. The van der Waals surface area contributed by atoms with Crippen LogP contribution in [0.5, 0.6) is 0 Å². The van der Waals surface area contributed by atoms with Crippen LogP contribution in [0.15, 0.2) is 28.3 Å². The monoisotopic (exact) mass is 357 g/mol. The molecule has 2 aromatic rings. The van der Waals surface area contributed by atoms with Crippen LogP contribution in [0.4, 0.5) is 0 Å². The lowest BCUT2D eigenvalue weighted by Gasteiger charge is -2.02. The molecule has 0 spiro atoms. The fourth-order valence-electron chi connectivity index (χ4n) is 1.67. The number of hydrogen-bond acceptors (Lipinski definition) is 4. The van der Waals surface area contributed by atoms with Crippen molar-refractivity contribution in [2.24, 2.45) is 0 Å². The summed E-state index contributed by atoms with van der Waals surface area (Å²) in [5.74, 6) is -0.336. The summed E-state index contributed by atoms with van der Waals surface area (Å²) in [7, 11) is 0. The molecule has 0 bridgehead atoms. The third-order valence-electron chi connectivity index (χ3n) is 2.66. The number of thioether (sulfide) groups is 1. The van der Waals surface area contributed by atoms with Gasteiger partial charge in [0.25, 0.3) is 0 Å². The van der Waals surface area contributed by atoms with Crippen LogP contribution in [0, 0.1) is 0 Å². The molecule has 0 unspecified atom stereocenters. The standard InChI is InChI=1S/C14H13Cl2N3O2S/c1-2-3-12-17-14(19-18-12)22-11(13(20)21)6-8-4-5-9(15)7-10(8)16/h4-7H,2-3H2,1H3,(H,20,21)(H,17,18,19)/b11-6-. The molecule has 0 aliphatic carbocycles. The van der Waals surface area contributed by atoms with Crippen molar-refractivity contribution in [3.05, 3.63) is 44.5 Å². The van der Waals surface area contributed by atoms with E-state index in [1.165, 1.54) is 6.08 Å². The summed E-state index contributed by atoms with van der Waals surface area (Å²) in [6.07, 6.45) is 3.17. The van der Waals surface area contributed by atoms with Gasteiger partial charge in [0.2, 0.25) is 5.16 Å². The van der Waals surface area contributed by atoms with Gasteiger partial charge in [0, 0.05) is 16.5 Å². The molecule has 2 rings (SSSR count). The average molecular weight is 358 g/mol. The molecule has 1 aromatic carbocycles. The van der Waals surface area contributed by atoms with Crippen molar-refractivity contribution in [2.45, 2.75) is 24.9 Å². The number of hydrogen-bond donors (Lipinski definition) is 2. The van der Waals surface area contributed by atoms with Crippen LogP contribution in [0.2, 0.25) is 10.0 Å². The van der Waals surface area contributed by atoms with E-state index in [2.05, 4.69) is 15.2 Å². The summed E-state index contributed by atoms with van der Waals surface area (Å²) in [6, 6.07) is 4.87. The van der Waals surface area contributed by atoms with Crippen molar-refractivity contribution in [2.75, 3.05) is 0 Å². The molecule has 1 aromatic heterocycles. The number of rotatable bonds is 6. The van der Waals surface area contributed by atoms with Crippen molar-refractivity contribution in [1.82, 2.24) is 15.2 Å². The first-order valence-electron chi connectivity index (χ1n) is 6.48. The van der Waals surface area contributed by atoms with E-state index >= 15 is 0 Å². The van der Waals surface area contributed by atoms with E-state index in [1.807, 2.05) is 6.92 Å². The van der Waals surface area contributed by atoms with Gasteiger partial charge < -0.3 is 5.11 Å². The van der Waals surface area contributed by atoms with Gasteiger partial charge in [-0.3, -0.25) is 5.10 Å². The Kier molecular flexibility index (Phi) is 5.88. The number of nitrogens with one attached hydrogen (secondary N) is 1. The van der Waals surface area contributed by atoms with Crippen LogP contribution in [-0.2, 0) is 11.2 Å². The Morgan fingerprint density at radius 3 is 2.86 bits per heavy atom.